The topological polar surface area (TPSA) is 269 Å². The second-order valence-electron chi connectivity index (χ2n) is 7.95. The van der Waals surface area contributed by atoms with Crippen LogP contribution in [0.1, 0.15) is 36.5 Å². The number of ether oxygens (including phenoxy) is 1. The van der Waals surface area contributed by atoms with E-state index in [0.29, 0.717) is 5.82 Å². The largest absolute Gasteiger partial charge is 0.490 e. The molecule has 8 N–H and O–H groups in total. The van der Waals surface area contributed by atoms with E-state index in [-0.39, 0.29) is 34.8 Å². The van der Waals surface area contributed by atoms with E-state index in [9.17, 15) is 28.3 Å². The zero-order valence-electron chi connectivity index (χ0n) is 18.5. The molecule has 1 saturated heterocycles. The van der Waals surface area contributed by atoms with Gasteiger partial charge in [-0.15, -0.1) is 0 Å². The molecule has 2 aromatic heterocycles. The molecule has 0 radical (unpaired) electrons. The predicted octanol–water partition coefficient (Wildman–Crippen LogP) is 0.862. The van der Waals surface area contributed by atoms with Gasteiger partial charge in [0.1, 0.15) is 23.0 Å². The van der Waals surface area contributed by atoms with Gasteiger partial charge in [-0.1, -0.05) is 6.92 Å². The van der Waals surface area contributed by atoms with Crippen molar-refractivity contribution in [3.05, 3.63) is 17.6 Å². The molecular weight excluding hydrogens is 535 g/mol. The van der Waals surface area contributed by atoms with Gasteiger partial charge in [0.15, 0.2) is 0 Å². The van der Waals surface area contributed by atoms with Crippen molar-refractivity contribution in [2.45, 2.75) is 39.0 Å². The summed E-state index contributed by atoms with van der Waals surface area (Å²) < 4.78 is 53.9. The van der Waals surface area contributed by atoms with Crippen molar-refractivity contribution in [3.8, 4) is 0 Å². The van der Waals surface area contributed by atoms with Crippen LogP contribution in [0.25, 0.3) is 11.0 Å². The van der Waals surface area contributed by atoms with Gasteiger partial charge in [0.05, 0.1) is 23.7 Å². The maximum Gasteiger partial charge on any atom is 0.490 e. The highest BCUT2D eigenvalue weighted by atomic mass is 31.3. The molecular formula is C15H24N5O12P3. The molecule has 1 aliphatic rings. The Morgan fingerprint density at radius 2 is 1.86 bits per heavy atom. The molecule has 17 nitrogen and oxygen atoms in total. The van der Waals surface area contributed by atoms with Crippen molar-refractivity contribution in [2.24, 2.45) is 11.7 Å². The molecule has 2 aromatic rings. The predicted molar refractivity (Wildman–Crippen MR) is 117 cm³/mol. The van der Waals surface area contributed by atoms with Crippen LogP contribution >= 0.6 is 23.5 Å². The molecule has 3 rings (SSSR count). The number of aryl methyl sites for hydroxylation is 1. The van der Waals surface area contributed by atoms with Crippen LogP contribution in [0.2, 0.25) is 0 Å². The molecule has 20 heteroatoms. The lowest BCUT2D eigenvalue weighted by Gasteiger charge is -2.31. The van der Waals surface area contributed by atoms with E-state index in [1.54, 1.807) is 25.3 Å². The Labute approximate surface area is 197 Å². The van der Waals surface area contributed by atoms with Crippen LogP contribution in [0, 0.1) is 12.8 Å². The maximum atomic E-state index is 12.0. The van der Waals surface area contributed by atoms with Crippen molar-refractivity contribution in [1.82, 2.24) is 14.5 Å². The van der Waals surface area contributed by atoms with E-state index in [1.165, 1.54) is 6.20 Å². The van der Waals surface area contributed by atoms with Gasteiger partial charge in [-0.05, 0) is 20.3 Å². The summed E-state index contributed by atoms with van der Waals surface area (Å²) in [5.41, 5.74) is 10.6. The van der Waals surface area contributed by atoms with E-state index >= 15 is 0 Å². The lowest BCUT2D eigenvalue weighted by molar-refractivity contribution is -0.109. The summed E-state index contributed by atoms with van der Waals surface area (Å²) in [6.07, 6.45) is 0.797. The van der Waals surface area contributed by atoms with E-state index < -0.39 is 47.8 Å². The number of primary amides is 1. The highest BCUT2D eigenvalue weighted by Gasteiger charge is 2.47. The van der Waals surface area contributed by atoms with Crippen molar-refractivity contribution in [2.75, 3.05) is 12.3 Å². The van der Waals surface area contributed by atoms with Crippen LogP contribution in [0.3, 0.4) is 0 Å². The number of phosphoric acid groups is 3. The fourth-order valence-electron chi connectivity index (χ4n) is 3.78. The second kappa shape index (κ2) is 9.29. The van der Waals surface area contributed by atoms with E-state index in [4.69, 9.17) is 26.0 Å². The normalized spacial score (nSPS) is 26.5. The first kappa shape index (κ1) is 27.8. The van der Waals surface area contributed by atoms with Gasteiger partial charge in [0.25, 0.3) is 5.91 Å². The number of nitrogen functional groups attached to an aromatic ring is 1. The van der Waals surface area contributed by atoms with Crippen LogP contribution in [-0.2, 0) is 37.3 Å². The van der Waals surface area contributed by atoms with Crippen LogP contribution in [0.4, 0.5) is 5.82 Å². The molecule has 2 unspecified atom stereocenters. The number of hydrogen-bond acceptors (Lipinski definition) is 11. The number of amides is 1. The minimum atomic E-state index is -5.64. The number of carbonyl (C=O) groups excluding carboxylic acids is 1. The number of phosphoric ester groups is 1. The lowest BCUT2D eigenvalue weighted by Crippen LogP contribution is -2.35. The Morgan fingerprint density at radius 3 is 2.43 bits per heavy atom. The summed E-state index contributed by atoms with van der Waals surface area (Å²) in [5.74, 6) is -0.710. The molecule has 0 saturated carbocycles. The van der Waals surface area contributed by atoms with Gasteiger partial charge in [-0.2, -0.15) is 8.62 Å². The highest BCUT2D eigenvalue weighted by Crippen LogP contribution is 2.66. The van der Waals surface area contributed by atoms with Gasteiger partial charge in [-0.25, -0.2) is 23.7 Å². The van der Waals surface area contributed by atoms with Crippen molar-refractivity contribution in [3.63, 3.8) is 0 Å². The number of anilines is 1. The summed E-state index contributed by atoms with van der Waals surface area (Å²) >= 11 is 0. The van der Waals surface area contributed by atoms with Crippen molar-refractivity contribution >= 4 is 46.2 Å². The number of fused-ring (bicyclic) bond motifs is 1. The first-order valence-electron chi connectivity index (χ1n) is 9.75. The number of nitrogens with zero attached hydrogens (tertiary/aromatic N) is 3. The third-order valence-electron chi connectivity index (χ3n) is 5.30. The molecule has 3 heterocycles. The smallest absolute Gasteiger partial charge is 0.383 e. The number of aromatic nitrogens is 3. The summed E-state index contributed by atoms with van der Waals surface area (Å²) in [7, 11) is -16.5. The fraction of sp³-hybridized carbons (Fsp3) is 0.533. The van der Waals surface area contributed by atoms with E-state index in [1.807, 2.05) is 0 Å². The lowest BCUT2D eigenvalue weighted by atomic mass is 9.97. The summed E-state index contributed by atoms with van der Waals surface area (Å²) in [5, 5.41) is 0.233. The molecule has 35 heavy (non-hydrogen) atoms. The Kier molecular flexibility index (Phi) is 7.39. The number of carbonyl (C=O) groups is 1. The third-order valence-corrected chi connectivity index (χ3v) is 9.11. The Hall–Kier alpha value is -1.74. The molecule has 0 spiro atoms. The zero-order chi connectivity index (χ0) is 26.6. The molecule has 0 aliphatic carbocycles. The van der Waals surface area contributed by atoms with Gasteiger partial charge in [0, 0.05) is 12.1 Å². The standard InChI is InChI=1S/C15H24N5O12P3/c1-7-4-9(6-29-34(25,26)32-35(27,28)31-33(22,23)24)30-15(7,3)20-5-10(13(17)21)11-12(16)18-8(2)19-14(11)20/h5,7,9H,4,6H2,1-3H3,(H2,17,21)(H,25,26)(H,27,28)(H2,16,18,19)(H2,22,23,24)/t7-,9+,15-/m1/s1. The number of nitrogens with two attached hydrogens (primary N) is 2. The average Bonchev–Trinajstić information content (AvgIpc) is 3.16. The highest BCUT2D eigenvalue weighted by molar-refractivity contribution is 7.66. The Bertz CT molecular complexity index is 1310. The first-order valence-corrected chi connectivity index (χ1v) is 14.3. The van der Waals surface area contributed by atoms with Crippen LogP contribution in [0.5, 0.6) is 0 Å². The summed E-state index contributed by atoms with van der Waals surface area (Å²) in [4.78, 5) is 56.5. The SMILES string of the molecule is Cc1nc(N)c2c(C(N)=O)cn([C@]3(C)O[C@H](COP(=O)(O)OP(=O)(O)OP(=O)(O)O)C[C@H]3C)c2n1. The van der Waals surface area contributed by atoms with Crippen molar-refractivity contribution in [1.29, 1.82) is 0 Å². The van der Waals surface area contributed by atoms with Gasteiger partial charge < -0.3 is 40.3 Å². The molecule has 1 aliphatic heterocycles. The number of rotatable bonds is 9. The van der Waals surface area contributed by atoms with Crippen LogP contribution in [-0.4, -0.2) is 52.7 Å². The van der Waals surface area contributed by atoms with Gasteiger partial charge >= 0.3 is 23.5 Å². The quantitative estimate of drug-likeness (QED) is 0.233. The molecule has 1 amide bonds. The minimum absolute atomic E-state index is 0.0403. The first-order chi connectivity index (χ1) is 15.8. The van der Waals surface area contributed by atoms with E-state index in [0.717, 1.165) is 0 Å². The Balaban J connectivity index is 1.83. The second-order valence-corrected chi connectivity index (χ2v) is 12.4. The van der Waals surface area contributed by atoms with E-state index in [2.05, 4.69) is 23.1 Å². The fourth-order valence-corrected chi connectivity index (χ4v) is 6.83. The maximum absolute atomic E-state index is 12.0. The zero-order valence-corrected chi connectivity index (χ0v) is 21.2. The third kappa shape index (κ3) is 6.16. The Morgan fingerprint density at radius 1 is 1.23 bits per heavy atom. The average molecular weight is 559 g/mol. The summed E-state index contributed by atoms with van der Waals surface area (Å²) in [6.45, 7) is 4.43. The molecule has 5 atom stereocenters. The summed E-state index contributed by atoms with van der Waals surface area (Å²) in [6, 6.07) is 0. The molecule has 0 aromatic carbocycles. The van der Waals surface area contributed by atoms with Crippen LogP contribution < -0.4 is 11.5 Å². The molecule has 196 valence electrons. The molecule has 1 fully saturated rings. The monoisotopic (exact) mass is 559 g/mol. The van der Waals surface area contributed by atoms with Crippen molar-refractivity contribution < 1.29 is 55.9 Å². The van der Waals surface area contributed by atoms with Gasteiger partial charge in [0.2, 0.25) is 0 Å². The van der Waals surface area contributed by atoms with Crippen LogP contribution in [0.15, 0.2) is 6.20 Å². The van der Waals surface area contributed by atoms with Gasteiger partial charge in [-0.3, -0.25) is 9.32 Å². The minimum Gasteiger partial charge on any atom is -0.383 e. The molecule has 0 bridgehead atoms. The number of hydrogen-bond donors (Lipinski definition) is 6.